The van der Waals surface area contributed by atoms with Crippen LogP contribution >= 0.6 is 0 Å². The predicted octanol–water partition coefficient (Wildman–Crippen LogP) is 5.11. The van der Waals surface area contributed by atoms with Crippen LogP contribution in [-0.4, -0.2) is 28.9 Å². The van der Waals surface area contributed by atoms with E-state index in [1.807, 2.05) is 55.5 Å². The number of rotatable bonds is 4. The molecule has 0 bridgehead atoms. The number of benzene rings is 3. The molecule has 0 aliphatic carbocycles. The third kappa shape index (κ3) is 3.27. The standard InChI is InChI=1S/C27H22N2O4/c1-16-8-7-9-17(14-16)24-23(25(30)19-15-28-20-11-4-3-10-18(19)20)26(31)27(32)29(24)21-12-5-6-13-22(21)33-2/h3-15,24,28,30H,1-2H3/b25-23-. The molecule has 5 rings (SSSR count). The lowest BCUT2D eigenvalue weighted by molar-refractivity contribution is -0.132. The van der Waals surface area contributed by atoms with Crippen molar-refractivity contribution in [1.82, 2.24) is 4.98 Å². The summed E-state index contributed by atoms with van der Waals surface area (Å²) in [6.07, 6.45) is 1.66. The maximum absolute atomic E-state index is 13.4. The zero-order valence-electron chi connectivity index (χ0n) is 18.2. The summed E-state index contributed by atoms with van der Waals surface area (Å²) in [5.74, 6) is -1.21. The van der Waals surface area contributed by atoms with E-state index in [0.29, 0.717) is 17.0 Å². The number of aryl methyl sites for hydroxylation is 1. The first-order chi connectivity index (χ1) is 16.0. The van der Waals surface area contributed by atoms with Crippen LogP contribution in [-0.2, 0) is 9.59 Å². The van der Waals surface area contributed by atoms with E-state index < -0.39 is 17.7 Å². The molecule has 6 heteroatoms. The summed E-state index contributed by atoms with van der Waals surface area (Å²) in [7, 11) is 1.52. The molecule has 1 aliphatic rings. The van der Waals surface area contributed by atoms with Crippen molar-refractivity contribution >= 4 is 34.0 Å². The van der Waals surface area contributed by atoms with Gasteiger partial charge in [-0.1, -0.05) is 60.2 Å². The highest BCUT2D eigenvalue weighted by atomic mass is 16.5. The van der Waals surface area contributed by atoms with Crippen molar-refractivity contribution in [2.24, 2.45) is 0 Å². The van der Waals surface area contributed by atoms with Gasteiger partial charge in [0.25, 0.3) is 11.7 Å². The number of aromatic amines is 1. The highest BCUT2D eigenvalue weighted by Gasteiger charge is 2.48. The highest BCUT2D eigenvalue weighted by molar-refractivity contribution is 6.52. The van der Waals surface area contributed by atoms with Crippen molar-refractivity contribution < 1.29 is 19.4 Å². The second-order valence-corrected chi connectivity index (χ2v) is 8.00. The lowest BCUT2D eigenvalue weighted by Crippen LogP contribution is -2.29. The second kappa shape index (κ2) is 7.98. The summed E-state index contributed by atoms with van der Waals surface area (Å²) in [4.78, 5) is 31.3. The largest absolute Gasteiger partial charge is 0.507 e. The fourth-order valence-electron chi connectivity index (χ4n) is 4.48. The Morgan fingerprint density at radius 2 is 1.76 bits per heavy atom. The number of aliphatic hydroxyl groups is 1. The Labute approximate surface area is 190 Å². The van der Waals surface area contributed by atoms with Crippen molar-refractivity contribution in [3.63, 3.8) is 0 Å². The molecule has 2 heterocycles. The van der Waals surface area contributed by atoms with E-state index >= 15 is 0 Å². The summed E-state index contributed by atoms with van der Waals surface area (Å²) in [6.45, 7) is 1.94. The molecule has 164 valence electrons. The average molecular weight is 438 g/mol. The van der Waals surface area contributed by atoms with E-state index in [2.05, 4.69) is 4.98 Å². The topological polar surface area (TPSA) is 82.6 Å². The lowest BCUT2D eigenvalue weighted by Gasteiger charge is -2.27. The minimum absolute atomic E-state index is 0.0428. The maximum atomic E-state index is 13.4. The third-order valence-corrected chi connectivity index (χ3v) is 5.99. The van der Waals surface area contributed by atoms with E-state index in [0.717, 1.165) is 22.0 Å². The fourth-order valence-corrected chi connectivity index (χ4v) is 4.48. The van der Waals surface area contributed by atoms with Crippen molar-refractivity contribution in [3.05, 3.63) is 101 Å². The van der Waals surface area contributed by atoms with Crippen LogP contribution in [0.4, 0.5) is 5.69 Å². The van der Waals surface area contributed by atoms with Crippen molar-refractivity contribution in [2.45, 2.75) is 13.0 Å². The van der Waals surface area contributed by atoms with Gasteiger partial charge >= 0.3 is 0 Å². The van der Waals surface area contributed by atoms with E-state index in [9.17, 15) is 14.7 Å². The molecule has 2 N–H and O–H groups in total. The second-order valence-electron chi connectivity index (χ2n) is 8.00. The number of hydrogen-bond acceptors (Lipinski definition) is 4. The van der Waals surface area contributed by atoms with Crippen molar-refractivity contribution in [3.8, 4) is 5.75 Å². The summed E-state index contributed by atoms with van der Waals surface area (Å²) in [6, 6.07) is 21.3. The van der Waals surface area contributed by atoms with Gasteiger partial charge in [-0.3, -0.25) is 14.5 Å². The van der Waals surface area contributed by atoms with E-state index in [4.69, 9.17) is 4.74 Å². The molecular weight excluding hydrogens is 416 g/mol. The molecular formula is C27H22N2O4. The van der Waals surface area contributed by atoms with Gasteiger partial charge in [0.05, 0.1) is 24.4 Å². The van der Waals surface area contributed by atoms with Crippen LogP contribution in [0.15, 0.2) is 84.6 Å². The number of ether oxygens (including phenoxy) is 1. The Bertz CT molecular complexity index is 1430. The molecule has 1 atom stereocenters. The number of fused-ring (bicyclic) bond motifs is 1. The summed E-state index contributed by atoms with van der Waals surface area (Å²) in [5.41, 5.74) is 3.51. The molecule has 1 unspecified atom stereocenters. The molecule has 6 nitrogen and oxygen atoms in total. The van der Waals surface area contributed by atoms with Crippen LogP contribution in [0.2, 0.25) is 0 Å². The van der Waals surface area contributed by atoms with Crippen LogP contribution in [0.1, 0.15) is 22.7 Å². The van der Waals surface area contributed by atoms with Crippen LogP contribution in [0.3, 0.4) is 0 Å². The Hall–Kier alpha value is -4.32. The van der Waals surface area contributed by atoms with Gasteiger partial charge in [0.2, 0.25) is 0 Å². The first-order valence-electron chi connectivity index (χ1n) is 10.6. The first kappa shape index (κ1) is 20.6. The minimum Gasteiger partial charge on any atom is -0.507 e. The Balaban J connectivity index is 1.79. The monoisotopic (exact) mass is 438 g/mol. The SMILES string of the molecule is COc1ccccc1N1C(=O)C(=O)/C(=C(\O)c2c[nH]c3ccccc23)C1c1cccc(C)c1. The van der Waals surface area contributed by atoms with Gasteiger partial charge in [0, 0.05) is 22.7 Å². The number of carbonyl (C=O) groups excluding carboxylic acids is 2. The van der Waals surface area contributed by atoms with E-state index in [1.54, 1.807) is 30.5 Å². The number of aromatic nitrogens is 1. The summed E-state index contributed by atoms with van der Waals surface area (Å²) >= 11 is 0. The number of anilines is 1. The smallest absolute Gasteiger partial charge is 0.300 e. The quantitative estimate of drug-likeness (QED) is 0.263. The molecule has 1 fully saturated rings. The highest BCUT2D eigenvalue weighted by Crippen LogP contribution is 2.45. The molecule has 1 amide bonds. The fraction of sp³-hybridized carbons (Fsp3) is 0.111. The predicted molar refractivity (Wildman–Crippen MR) is 127 cm³/mol. The number of aliphatic hydroxyl groups excluding tert-OH is 1. The molecule has 0 saturated carbocycles. The lowest BCUT2D eigenvalue weighted by atomic mass is 9.94. The number of Topliss-reactive ketones (excluding diaryl/α,β-unsaturated/α-hetero) is 1. The summed E-state index contributed by atoms with van der Waals surface area (Å²) in [5, 5.41) is 12.2. The number of methoxy groups -OCH3 is 1. The molecule has 1 saturated heterocycles. The Morgan fingerprint density at radius 1 is 1.00 bits per heavy atom. The molecule has 0 spiro atoms. The minimum atomic E-state index is -0.810. The van der Waals surface area contributed by atoms with E-state index in [-0.39, 0.29) is 11.3 Å². The van der Waals surface area contributed by atoms with Gasteiger partial charge in [-0.2, -0.15) is 0 Å². The third-order valence-electron chi connectivity index (χ3n) is 5.99. The number of nitrogens with one attached hydrogen (secondary N) is 1. The van der Waals surface area contributed by atoms with Gasteiger partial charge in [0.15, 0.2) is 0 Å². The molecule has 33 heavy (non-hydrogen) atoms. The number of nitrogens with zero attached hydrogens (tertiary/aromatic N) is 1. The number of hydrogen-bond donors (Lipinski definition) is 2. The van der Waals surface area contributed by atoms with Crippen LogP contribution in [0, 0.1) is 6.92 Å². The van der Waals surface area contributed by atoms with Gasteiger partial charge in [0.1, 0.15) is 11.5 Å². The van der Waals surface area contributed by atoms with Gasteiger partial charge in [-0.05, 0) is 30.7 Å². The number of carbonyl (C=O) groups is 2. The first-order valence-corrected chi connectivity index (χ1v) is 10.6. The molecule has 4 aromatic rings. The number of H-pyrrole nitrogens is 1. The van der Waals surface area contributed by atoms with E-state index in [1.165, 1.54) is 12.0 Å². The Morgan fingerprint density at radius 3 is 2.55 bits per heavy atom. The summed E-state index contributed by atoms with van der Waals surface area (Å²) < 4.78 is 5.49. The zero-order chi connectivity index (χ0) is 23.1. The normalized spacial score (nSPS) is 17.6. The number of ketones is 1. The number of para-hydroxylation sites is 3. The van der Waals surface area contributed by atoms with Crippen molar-refractivity contribution in [1.29, 1.82) is 0 Å². The van der Waals surface area contributed by atoms with Crippen LogP contribution < -0.4 is 9.64 Å². The molecule has 3 aromatic carbocycles. The Kier molecular flexibility index (Phi) is 4.98. The molecule has 1 aromatic heterocycles. The van der Waals surface area contributed by atoms with Crippen LogP contribution in [0.25, 0.3) is 16.7 Å². The number of amides is 1. The van der Waals surface area contributed by atoms with Gasteiger partial charge in [-0.25, -0.2) is 0 Å². The maximum Gasteiger partial charge on any atom is 0.300 e. The van der Waals surface area contributed by atoms with Crippen molar-refractivity contribution in [2.75, 3.05) is 12.0 Å². The molecule has 1 aliphatic heterocycles. The average Bonchev–Trinajstić information content (AvgIpc) is 3.38. The molecule has 0 radical (unpaired) electrons. The van der Waals surface area contributed by atoms with Crippen LogP contribution in [0.5, 0.6) is 5.75 Å². The zero-order valence-corrected chi connectivity index (χ0v) is 18.2. The van der Waals surface area contributed by atoms with Gasteiger partial charge in [-0.15, -0.1) is 0 Å². The van der Waals surface area contributed by atoms with Gasteiger partial charge < -0.3 is 14.8 Å².